The second kappa shape index (κ2) is 5.02. The lowest BCUT2D eigenvalue weighted by Crippen LogP contribution is -2.50. The molecule has 1 aromatic rings. The van der Waals surface area contributed by atoms with E-state index in [1.54, 1.807) is 0 Å². The number of benzene rings is 1. The van der Waals surface area contributed by atoms with Crippen LogP contribution in [0.15, 0.2) is 30.3 Å². The fourth-order valence-corrected chi connectivity index (χ4v) is 2.55. The largest absolute Gasteiger partial charge is 0.342 e. The highest BCUT2D eigenvalue weighted by Crippen LogP contribution is 2.24. The smallest absolute Gasteiger partial charge is 0.189 e. The van der Waals surface area contributed by atoms with E-state index in [0.717, 1.165) is 30.1 Å². The summed E-state index contributed by atoms with van der Waals surface area (Å²) in [6, 6.07) is 10.2. The third kappa shape index (κ3) is 2.42. The number of hydrazine groups is 1. The summed E-state index contributed by atoms with van der Waals surface area (Å²) < 4.78 is 0. The van der Waals surface area contributed by atoms with E-state index >= 15 is 0 Å². The van der Waals surface area contributed by atoms with Gasteiger partial charge in [0, 0.05) is 0 Å². The number of nitrogens with one attached hydrogen (secondary N) is 2. The van der Waals surface area contributed by atoms with E-state index < -0.39 is 0 Å². The lowest BCUT2D eigenvalue weighted by Gasteiger charge is -2.28. The van der Waals surface area contributed by atoms with Gasteiger partial charge in [-0.2, -0.15) is 0 Å². The van der Waals surface area contributed by atoms with Crippen LogP contribution in [-0.2, 0) is 0 Å². The summed E-state index contributed by atoms with van der Waals surface area (Å²) in [6.45, 7) is 4.36. The van der Waals surface area contributed by atoms with Gasteiger partial charge < -0.3 is 5.32 Å². The van der Waals surface area contributed by atoms with Crippen molar-refractivity contribution in [1.29, 1.82) is 0 Å². The predicted molar refractivity (Wildman–Crippen MR) is 75.7 cm³/mol. The predicted octanol–water partition coefficient (Wildman–Crippen LogP) is 2.79. The number of rotatable bonds is 4. The molecule has 0 saturated carbocycles. The van der Waals surface area contributed by atoms with E-state index in [9.17, 15) is 0 Å². The Kier molecular flexibility index (Phi) is 3.64. The molecule has 0 amide bonds. The summed E-state index contributed by atoms with van der Waals surface area (Å²) in [4.78, 5) is 0. The Morgan fingerprint density at radius 2 is 1.94 bits per heavy atom. The summed E-state index contributed by atoms with van der Waals surface area (Å²) in [5.41, 5.74) is 4.50. The molecule has 0 spiro atoms. The minimum atomic E-state index is -0.0817. The molecule has 1 atom stereocenters. The van der Waals surface area contributed by atoms with Crippen LogP contribution in [0.2, 0.25) is 0 Å². The zero-order chi connectivity index (χ0) is 12.3. The van der Waals surface area contributed by atoms with Crippen LogP contribution in [-0.4, -0.2) is 10.8 Å². The van der Waals surface area contributed by atoms with Gasteiger partial charge >= 0.3 is 0 Å². The van der Waals surface area contributed by atoms with Crippen LogP contribution in [0.3, 0.4) is 0 Å². The molecule has 1 fully saturated rings. The normalized spacial score (nSPS) is 23.9. The monoisotopic (exact) mass is 249 g/mol. The van der Waals surface area contributed by atoms with Crippen molar-refractivity contribution in [2.24, 2.45) is 0 Å². The van der Waals surface area contributed by atoms with E-state index in [1.165, 1.54) is 0 Å². The van der Waals surface area contributed by atoms with Crippen LogP contribution < -0.4 is 15.8 Å². The van der Waals surface area contributed by atoms with Crippen molar-refractivity contribution in [2.75, 3.05) is 5.01 Å². The van der Waals surface area contributed by atoms with Crippen molar-refractivity contribution < 1.29 is 0 Å². The zero-order valence-electron chi connectivity index (χ0n) is 10.4. The Hall–Kier alpha value is -1.13. The van der Waals surface area contributed by atoms with Crippen molar-refractivity contribution in [3.05, 3.63) is 30.3 Å². The Morgan fingerprint density at radius 3 is 2.53 bits per heavy atom. The van der Waals surface area contributed by atoms with E-state index in [1.807, 2.05) is 23.2 Å². The Bertz CT molecular complexity index is 393. The fourth-order valence-electron chi connectivity index (χ4n) is 2.20. The average Bonchev–Trinajstić information content (AvgIpc) is 2.69. The number of anilines is 1. The van der Waals surface area contributed by atoms with E-state index in [2.05, 4.69) is 36.7 Å². The third-order valence-electron chi connectivity index (χ3n) is 3.17. The Labute approximate surface area is 108 Å². The Morgan fingerprint density at radius 1 is 1.24 bits per heavy atom. The van der Waals surface area contributed by atoms with E-state index in [0.29, 0.717) is 0 Å². The van der Waals surface area contributed by atoms with Crippen LogP contribution in [0, 0.1) is 0 Å². The van der Waals surface area contributed by atoms with Gasteiger partial charge in [0.2, 0.25) is 0 Å². The topological polar surface area (TPSA) is 27.3 Å². The second-order valence-corrected chi connectivity index (χ2v) is 4.79. The first-order valence-electron chi connectivity index (χ1n) is 6.16. The number of nitrogens with zero attached hydrogens (tertiary/aromatic N) is 1. The molecule has 4 heteroatoms. The number of para-hydroxylation sites is 1. The molecule has 0 radical (unpaired) electrons. The molecule has 0 aromatic heterocycles. The molecule has 92 valence electrons. The lowest BCUT2D eigenvalue weighted by molar-refractivity contribution is 0.300. The zero-order valence-corrected chi connectivity index (χ0v) is 11.2. The highest BCUT2D eigenvalue weighted by Gasteiger charge is 2.38. The average molecular weight is 249 g/mol. The summed E-state index contributed by atoms with van der Waals surface area (Å²) in [5, 5.41) is 6.14. The molecule has 0 aliphatic carbocycles. The molecule has 17 heavy (non-hydrogen) atoms. The van der Waals surface area contributed by atoms with Crippen molar-refractivity contribution in [3.8, 4) is 0 Å². The number of hydrogen-bond donors (Lipinski definition) is 2. The van der Waals surface area contributed by atoms with E-state index in [4.69, 9.17) is 12.2 Å². The molecule has 2 N–H and O–H groups in total. The third-order valence-corrected chi connectivity index (χ3v) is 3.45. The van der Waals surface area contributed by atoms with Crippen LogP contribution in [0.4, 0.5) is 5.69 Å². The minimum Gasteiger partial charge on any atom is -0.342 e. The summed E-state index contributed by atoms with van der Waals surface area (Å²) >= 11 is 5.40. The Balaban J connectivity index is 2.20. The van der Waals surface area contributed by atoms with E-state index in [-0.39, 0.29) is 5.66 Å². The van der Waals surface area contributed by atoms with Crippen LogP contribution in [0.1, 0.15) is 33.1 Å². The maximum absolute atomic E-state index is 5.40. The lowest BCUT2D eigenvalue weighted by atomic mass is 10.0. The first-order chi connectivity index (χ1) is 8.21. The van der Waals surface area contributed by atoms with Gasteiger partial charge in [-0.15, -0.1) is 0 Å². The first kappa shape index (κ1) is 12.3. The number of hydrogen-bond acceptors (Lipinski definition) is 2. The number of thiocarbonyl (C=S) groups is 1. The van der Waals surface area contributed by atoms with Gasteiger partial charge in [0.15, 0.2) is 5.11 Å². The van der Waals surface area contributed by atoms with Gasteiger partial charge in [-0.3, -0.25) is 5.01 Å². The molecular weight excluding hydrogens is 230 g/mol. The SMILES string of the molecule is CCC[C@]1(CC)NC(=S)N(c2ccccc2)N1. The molecule has 1 aromatic carbocycles. The van der Waals surface area contributed by atoms with Gasteiger partial charge in [-0.05, 0) is 37.2 Å². The van der Waals surface area contributed by atoms with Gasteiger partial charge in [0.05, 0.1) is 5.69 Å². The molecule has 1 heterocycles. The van der Waals surface area contributed by atoms with Crippen LogP contribution in [0.25, 0.3) is 0 Å². The van der Waals surface area contributed by atoms with Crippen LogP contribution >= 0.6 is 12.2 Å². The van der Waals surface area contributed by atoms with Crippen molar-refractivity contribution in [1.82, 2.24) is 10.7 Å². The highest BCUT2D eigenvalue weighted by molar-refractivity contribution is 7.80. The highest BCUT2D eigenvalue weighted by atomic mass is 32.1. The maximum atomic E-state index is 5.40. The molecule has 0 unspecified atom stereocenters. The second-order valence-electron chi connectivity index (χ2n) is 4.40. The fraction of sp³-hybridized carbons (Fsp3) is 0.462. The van der Waals surface area contributed by atoms with Crippen molar-refractivity contribution in [3.63, 3.8) is 0 Å². The van der Waals surface area contributed by atoms with Crippen molar-refractivity contribution in [2.45, 2.75) is 38.8 Å². The molecule has 3 nitrogen and oxygen atoms in total. The quantitative estimate of drug-likeness (QED) is 0.802. The summed E-state index contributed by atoms with van der Waals surface area (Å²) in [6.07, 6.45) is 3.19. The molecule has 1 saturated heterocycles. The molecular formula is C13H19N3S. The standard InChI is InChI=1S/C13H19N3S/c1-3-10-13(4-2)14-12(17)16(15-13)11-8-6-5-7-9-11/h5-9,15H,3-4,10H2,1-2H3,(H,14,17)/t13-/m1/s1. The minimum absolute atomic E-state index is 0.0817. The first-order valence-corrected chi connectivity index (χ1v) is 6.57. The summed E-state index contributed by atoms with van der Waals surface area (Å²) in [7, 11) is 0. The van der Waals surface area contributed by atoms with Gasteiger partial charge in [-0.1, -0.05) is 38.5 Å². The van der Waals surface area contributed by atoms with Gasteiger partial charge in [0.1, 0.15) is 5.66 Å². The van der Waals surface area contributed by atoms with Gasteiger partial charge in [-0.25, -0.2) is 5.43 Å². The molecule has 1 aliphatic rings. The maximum Gasteiger partial charge on any atom is 0.189 e. The van der Waals surface area contributed by atoms with Gasteiger partial charge in [0.25, 0.3) is 0 Å². The molecule has 0 bridgehead atoms. The summed E-state index contributed by atoms with van der Waals surface area (Å²) in [5.74, 6) is 0. The molecule has 1 aliphatic heterocycles. The molecule has 2 rings (SSSR count). The van der Waals surface area contributed by atoms with Crippen LogP contribution in [0.5, 0.6) is 0 Å². The van der Waals surface area contributed by atoms with Crippen molar-refractivity contribution >= 4 is 23.0 Å².